The Bertz CT molecular complexity index is 699. The Morgan fingerprint density at radius 2 is 2.04 bits per heavy atom. The van der Waals surface area contributed by atoms with Gasteiger partial charge in [-0.1, -0.05) is 18.2 Å². The number of carbonyl (C=O) groups is 1. The van der Waals surface area contributed by atoms with Crippen LogP contribution in [0.3, 0.4) is 0 Å². The number of nitrogens with zero attached hydrogens (tertiary/aromatic N) is 2. The topological polar surface area (TPSA) is 56.2 Å². The molecule has 2 aromatic rings. The highest BCUT2D eigenvalue weighted by molar-refractivity contribution is 5.79. The summed E-state index contributed by atoms with van der Waals surface area (Å²) in [7, 11) is 1.82. The van der Waals surface area contributed by atoms with Gasteiger partial charge < -0.3 is 10.1 Å². The number of aryl methyl sites for hydroxylation is 2. The molecule has 0 atom stereocenters. The quantitative estimate of drug-likeness (QED) is 0.888. The van der Waals surface area contributed by atoms with Crippen LogP contribution in [0.25, 0.3) is 0 Å². The normalized spacial score (nSPS) is 10.9. The first-order valence-corrected chi connectivity index (χ1v) is 7.17. The molecule has 0 saturated carbocycles. The molecule has 0 aliphatic heterocycles. The van der Waals surface area contributed by atoms with Gasteiger partial charge in [-0.25, -0.2) is 0 Å². The van der Waals surface area contributed by atoms with Gasteiger partial charge in [-0.3, -0.25) is 9.48 Å². The minimum absolute atomic E-state index is 0.0662. The van der Waals surface area contributed by atoms with Crippen molar-refractivity contribution in [2.75, 3.05) is 0 Å². The lowest BCUT2D eigenvalue weighted by Gasteiger charge is -2.11. The summed E-state index contributed by atoms with van der Waals surface area (Å²) in [6, 6.07) is 6.39. The van der Waals surface area contributed by atoms with Crippen LogP contribution in [0, 0.1) is 13.8 Å². The summed E-state index contributed by atoms with van der Waals surface area (Å²) in [6.45, 7) is 0.975. The molecule has 23 heavy (non-hydrogen) atoms. The molecule has 0 unspecified atom stereocenters. The average Bonchev–Trinajstić information content (AvgIpc) is 2.72. The number of hydrogen-bond donors (Lipinski definition) is 1. The third-order valence-corrected chi connectivity index (χ3v) is 3.66. The van der Waals surface area contributed by atoms with E-state index >= 15 is 0 Å². The van der Waals surface area contributed by atoms with Crippen LogP contribution in [-0.2, 0) is 24.8 Å². The summed E-state index contributed by atoms with van der Waals surface area (Å²) in [6.07, 6.45) is 0.198. The van der Waals surface area contributed by atoms with E-state index in [-0.39, 0.29) is 24.6 Å². The largest absolute Gasteiger partial charge is 0.434 e. The average molecular weight is 323 g/mol. The SMILES string of the molecule is Cc1nn(C)c(C)c1CC(=O)NCc1ccccc1OC(F)F. The van der Waals surface area contributed by atoms with Crippen LogP contribution in [0.1, 0.15) is 22.5 Å². The second-order valence-corrected chi connectivity index (χ2v) is 5.21. The Kier molecular flexibility index (Phi) is 5.31. The van der Waals surface area contributed by atoms with Gasteiger partial charge in [-0.2, -0.15) is 13.9 Å². The van der Waals surface area contributed by atoms with Crippen molar-refractivity contribution < 1.29 is 18.3 Å². The first kappa shape index (κ1) is 16.9. The van der Waals surface area contributed by atoms with Gasteiger partial charge in [0.15, 0.2) is 0 Å². The van der Waals surface area contributed by atoms with E-state index in [1.165, 1.54) is 6.07 Å². The summed E-state index contributed by atoms with van der Waals surface area (Å²) in [5, 5.41) is 6.99. The van der Waals surface area contributed by atoms with Crippen LogP contribution in [0.2, 0.25) is 0 Å². The molecular formula is C16H19F2N3O2. The molecule has 0 bridgehead atoms. The van der Waals surface area contributed by atoms with E-state index in [2.05, 4.69) is 15.2 Å². The van der Waals surface area contributed by atoms with Crippen molar-refractivity contribution in [3.05, 3.63) is 46.8 Å². The highest BCUT2D eigenvalue weighted by Gasteiger charge is 2.14. The zero-order valence-electron chi connectivity index (χ0n) is 13.3. The number of hydrogen-bond acceptors (Lipinski definition) is 3. The van der Waals surface area contributed by atoms with Crippen LogP contribution in [-0.4, -0.2) is 22.3 Å². The van der Waals surface area contributed by atoms with Gasteiger partial charge in [0.05, 0.1) is 12.1 Å². The Labute approximate surface area is 133 Å². The minimum Gasteiger partial charge on any atom is -0.434 e. The van der Waals surface area contributed by atoms with Crippen molar-refractivity contribution in [2.24, 2.45) is 7.05 Å². The third-order valence-electron chi connectivity index (χ3n) is 3.66. The second kappa shape index (κ2) is 7.21. The number of ether oxygens (including phenoxy) is 1. The van der Waals surface area contributed by atoms with Crippen molar-refractivity contribution >= 4 is 5.91 Å². The zero-order valence-corrected chi connectivity index (χ0v) is 13.3. The molecule has 0 radical (unpaired) electrons. The van der Waals surface area contributed by atoms with Crippen molar-refractivity contribution in [1.82, 2.24) is 15.1 Å². The number of benzene rings is 1. The molecule has 0 aliphatic carbocycles. The third kappa shape index (κ3) is 4.28. The van der Waals surface area contributed by atoms with E-state index in [0.717, 1.165) is 17.0 Å². The van der Waals surface area contributed by atoms with Crippen LogP contribution in [0.15, 0.2) is 24.3 Å². The lowest BCUT2D eigenvalue weighted by molar-refractivity contribution is -0.120. The highest BCUT2D eigenvalue weighted by Crippen LogP contribution is 2.20. The molecule has 7 heteroatoms. The van der Waals surface area contributed by atoms with Crippen LogP contribution in [0.5, 0.6) is 5.75 Å². The van der Waals surface area contributed by atoms with Gasteiger partial charge in [0, 0.05) is 30.4 Å². The number of halogens is 2. The predicted octanol–water partition coefficient (Wildman–Crippen LogP) is 2.50. The fourth-order valence-corrected chi connectivity index (χ4v) is 2.35. The lowest BCUT2D eigenvalue weighted by atomic mass is 10.1. The summed E-state index contributed by atoms with van der Waals surface area (Å²) in [5.41, 5.74) is 3.11. The van der Waals surface area contributed by atoms with E-state index in [1.807, 2.05) is 20.9 Å². The van der Waals surface area contributed by atoms with E-state index in [9.17, 15) is 13.6 Å². The molecule has 1 heterocycles. The van der Waals surface area contributed by atoms with Gasteiger partial charge in [0.1, 0.15) is 5.75 Å². The van der Waals surface area contributed by atoms with Crippen LogP contribution in [0.4, 0.5) is 8.78 Å². The van der Waals surface area contributed by atoms with Crippen molar-refractivity contribution in [1.29, 1.82) is 0 Å². The maximum Gasteiger partial charge on any atom is 0.387 e. The molecular weight excluding hydrogens is 304 g/mol. The maximum absolute atomic E-state index is 12.4. The number of nitrogens with one attached hydrogen (secondary N) is 1. The summed E-state index contributed by atoms with van der Waals surface area (Å²) < 4.78 is 30.9. The zero-order chi connectivity index (χ0) is 17.0. The molecule has 0 fully saturated rings. The summed E-state index contributed by atoms with van der Waals surface area (Å²) >= 11 is 0. The first-order valence-electron chi connectivity index (χ1n) is 7.17. The Hall–Kier alpha value is -2.44. The summed E-state index contributed by atoms with van der Waals surface area (Å²) in [4.78, 5) is 12.1. The first-order chi connectivity index (χ1) is 10.9. The number of alkyl halides is 2. The monoisotopic (exact) mass is 323 g/mol. The number of amides is 1. The number of aromatic nitrogens is 2. The molecule has 0 saturated heterocycles. The van der Waals surface area contributed by atoms with E-state index < -0.39 is 6.61 Å². The van der Waals surface area contributed by atoms with Crippen molar-refractivity contribution in [3.63, 3.8) is 0 Å². The number of carbonyl (C=O) groups excluding carboxylic acids is 1. The van der Waals surface area contributed by atoms with E-state index in [4.69, 9.17) is 0 Å². The lowest BCUT2D eigenvalue weighted by Crippen LogP contribution is -2.25. The molecule has 2 rings (SSSR count). The number of rotatable bonds is 6. The van der Waals surface area contributed by atoms with Gasteiger partial charge in [-0.05, 0) is 19.9 Å². The number of para-hydroxylation sites is 1. The van der Waals surface area contributed by atoms with E-state index in [1.54, 1.807) is 22.9 Å². The predicted molar refractivity (Wildman–Crippen MR) is 81.3 cm³/mol. The Balaban J connectivity index is 2.00. The molecule has 5 nitrogen and oxygen atoms in total. The van der Waals surface area contributed by atoms with Crippen LogP contribution < -0.4 is 10.1 Å². The van der Waals surface area contributed by atoms with Crippen molar-refractivity contribution in [3.8, 4) is 5.75 Å². The molecule has 0 aliphatic rings. The van der Waals surface area contributed by atoms with Gasteiger partial charge >= 0.3 is 6.61 Å². The molecule has 1 amide bonds. The second-order valence-electron chi connectivity index (χ2n) is 5.21. The summed E-state index contributed by atoms with van der Waals surface area (Å²) in [5.74, 6) is -0.132. The minimum atomic E-state index is -2.90. The fourth-order valence-electron chi connectivity index (χ4n) is 2.35. The standard InChI is InChI=1S/C16H19F2N3O2/c1-10-13(11(2)21(3)20-10)8-15(22)19-9-12-6-4-5-7-14(12)23-16(17)18/h4-7,16H,8-9H2,1-3H3,(H,19,22). The highest BCUT2D eigenvalue weighted by atomic mass is 19.3. The van der Waals surface area contributed by atoms with Crippen LogP contribution >= 0.6 is 0 Å². The maximum atomic E-state index is 12.4. The van der Waals surface area contributed by atoms with Gasteiger partial charge in [-0.15, -0.1) is 0 Å². The molecule has 0 spiro atoms. The Morgan fingerprint density at radius 3 is 2.65 bits per heavy atom. The molecule has 1 N–H and O–H groups in total. The molecule has 1 aromatic heterocycles. The Morgan fingerprint density at radius 1 is 1.35 bits per heavy atom. The fraction of sp³-hybridized carbons (Fsp3) is 0.375. The molecule has 1 aromatic carbocycles. The van der Waals surface area contributed by atoms with E-state index in [0.29, 0.717) is 5.56 Å². The van der Waals surface area contributed by atoms with Gasteiger partial charge in [0.2, 0.25) is 5.91 Å². The smallest absolute Gasteiger partial charge is 0.387 e. The molecule has 124 valence electrons. The van der Waals surface area contributed by atoms with Gasteiger partial charge in [0.25, 0.3) is 0 Å². The van der Waals surface area contributed by atoms with Crippen molar-refractivity contribution in [2.45, 2.75) is 33.4 Å².